The molecule has 0 heterocycles. The first kappa shape index (κ1) is 57.4. The summed E-state index contributed by atoms with van der Waals surface area (Å²) >= 11 is 0. The number of hydrogen-bond donors (Lipinski definition) is 0. The minimum atomic E-state index is -0.779. The summed E-state index contributed by atoms with van der Waals surface area (Å²) in [5.41, 5.74) is 0. The van der Waals surface area contributed by atoms with Crippen molar-refractivity contribution in [1.82, 2.24) is 0 Å². The van der Waals surface area contributed by atoms with Crippen LogP contribution >= 0.6 is 0 Å². The van der Waals surface area contributed by atoms with Crippen molar-refractivity contribution in [3.63, 3.8) is 0 Å². The summed E-state index contributed by atoms with van der Waals surface area (Å²) in [5, 5.41) is 0. The van der Waals surface area contributed by atoms with Crippen molar-refractivity contribution in [2.45, 2.75) is 264 Å². The molecule has 0 saturated heterocycles. The number of hydrogen-bond acceptors (Lipinski definition) is 6. The van der Waals surface area contributed by atoms with Crippen molar-refractivity contribution >= 4 is 17.9 Å². The van der Waals surface area contributed by atoms with E-state index in [1.165, 1.54) is 128 Å². The van der Waals surface area contributed by atoms with Gasteiger partial charge in [-0.15, -0.1) is 0 Å². The Bertz CT molecular complexity index is 1060. The molecule has 0 amide bonds. The molecule has 6 heteroatoms. The van der Waals surface area contributed by atoms with Crippen LogP contribution in [0.15, 0.2) is 48.6 Å². The van der Waals surface area contributed by atoms with E-state index >= 15 is 0 Å². The van der Waals surface area contributed by atoms with E-state index in [2.05, 4.69) is 69.4 Å². The van der Waals surface area contributed by atoms with Crippen LogP contribution in [0.5, 0.6) is 0 Å². The van der Waals surface area contributed by atoms with Crippen molar-refractivity contribution in [3.05, 3.63) is 48.6 Å². The molecule has 0 aromatic heterocycles. The average Bonchev–Trinajstić information content (AvgIpc) is 3.24. The Balaban J connectivity index is 4.35. The van der Waals surface area contributed by atoms with Gasteiger partial charge in [0.25, 0.3) is 0 Å². The first-order valence-electron chi connectivity index (χ1n) is 25.6. The van der Waals surface area contributed by atoms with Gasteiger partial charge < -0.3 is 14.2 Å². The van der Waals surface area contributed by atoms with Gasteiger partial charge in [-0.3, -0.25) is 14.4 Å². The molecular weight excluding hydrogens is 745 g/mol. The summed E-state index contributed by atoms with van der Waals surface area (Å²) in [6, 6.07) is 0. The van der Waals surface area contributed by atoms with Gasteiger partial charge in [-0.2, -0.15) is 0 Å². The van der Waals surface area contributed by atoms with Crippen LogP contribution in [0.25, 0.3) is 0 Å². The lowest BCUT2D eigenvalue weighted by Crippen LogP contribution is -2.30. The minimum Gasteiger partial charge on any atom is -0.462 e. The van der Waals surface area contributed by atoms with Crippen LogP contribution < -0.4 is 0 Å². The van der Waals surface area contributed by atoms with Crippen LogP contribution in [-0.2, 0) is 28.6 Å². The van der Waals surface area contributed by atoms with E-state index < -0.39 is 6.10 Å². The smallest absolute Gasteiger partial charge is 0.306 e. The Hall–Kier alpha value is -2.63. The molecule has 0 aliphatic carbocycles. The molecule has 60 heavy (non-hydrogen) atoms. The largest absolute Gasteiger partial charge is 0.462 e. The summed E-state index contributed by atoms with van der Waals surface area (Å²) in [6.45, 7) is 6.57. The van der Waals surface area contributed by atoms with Crippen molar-refractivity contribution in [3.8, 4) is 0 Å². The summed E-state index contributed by atoms with van der Waals surface area (Å²) in [6.07, 6.45) is 58.0. The van der Waals surface area contributed by atoms with E-state index in [1.54, 1.807) is 0 Å². The third-order valence-corrected chi connectivity index (χ3v) is 11.1. The highest BCUT2D eigenvalue weighted by Crippen LogP contribution is 2.14. The summed E-state index contributed by atoms with van der Waals surface area (Å²) in [4.78, 5) is 37.9. The van der Waals surface area contributed by atoms with Gasteiger partial charge >= 0.3 is 17.9 Å². The molecular formula is C54H96O6. The molecule has 0 rings (SSSR count). The molecule has 0 fully saturated rings. The molecule has 0 unspecified atom stereocenters. The average molecular weight is 841 g/mol. The number of carbonyl (C=O) groups excluding carboxylic acids is 3. The Labute approximate surface area is 371 Å². The van der Waals surface area contributed by atoms with Crippen LogP contribution in [0.4, 0.5) is 0 Å². The zero-order valence-corrected chi connectivity index (χ0v) is 39.7. The van der Waals surface area contributed by atoms with Crippen molar-refractivity contribution in [2.75, 3.05) is 13.2 Å². The zero-order valence-electron chi connectivity index (χ0n) is 39.7. The molecule has 0 bridgehead atoms. The number of rotatable bonds is 46. The van der Waals surface area contributed by atoms with Gasteiger partial charge in [-0.1, -0.05) is 204 Å². The monoisotopic (exact) mass is 841 g/mol. The van der Waals surface area contributed by atoms with Gasteiger partial charge in [0.1, 0.15) is 13.2 Å². The lowest BCUT2D eigenvalue weighted by atomic mass is 10.1. The number of unbranched alkanes of at least 4 members (excludes halogenated alkanes) is 27. The SMILES string of the molecule is CCCCC/C=C\C/C=C\C/C=C\CCCCCCCCC(=O)OC[C@@H](COC(=O)CCCCCCCCCCCC)OC(=O)CCCCCCC/C=C\CCCCCC. The summed E-state index contributed by atoms with van der Waals surface area (Å²) in [7, 11) is 0. The second-order valence-electron chi connectivity index (χ2n) is 17.1. The maximum absolute atomic E-state index is 12.8. The minimum absolute atomic E-state index is 0.0789. The van der Waals surface area contributed by atoms with Gasteiger partial charge in [-0.25, -0.2) is 0 Å². The third-order valence-electron chi connectivity index (χ3n) is 11.1. The van der Waals surface area contributed by atoms with E-state index in [-0.39, 0.29) is 31.1 Å². The van der Waals surface area contributed by atoms with Gasteiger partial charge in [0.05, 0.1) is 0 Å². The van der Waals surface area contributed by atoms with Gasteiger partial charge in [0.15, 0.2) is 6.10 Å². The molecule has 6 nitrogen and oxygen atoms in total. The molecule has 1 atom stereocenters. The Morgan fingerprint density at radius 1 is 0.333 bits per heavy atom. The quantitative estimate of drug-likeness (QED) is 0.0263. The molecule has 348 valence electrons. The number of esters is 3. The van der Waals surface area contributed by atoms with Crippen molar-refractivity contribution in [1.29, 1.82) is 0 Å². The van der Waals surface area contributed by atoms with Crippen molar-refractivity contribution < 1.29 is 28.6 Å². The molecule has 0 aromatic carbocycles. The maximum Gasteiger partial charge on any atom is 0.306 e. The normalized spacial score (nSPS) is 12.4. The molecule has 0 saturated carbocycles. The van der Waals surface area contributed by atoms with Crippen LogP contribution in [0.1, 0.15) is 258 Å². The molecule has 0 spiro atoms. The zero-order chi connectivity index (χ0) is 43.7. The van der Waals surface area contributed by atoms with Crippen LogP contribution in [0, 0.1) is 0 Å². The second-order valence-corrected chi connectivity index (χ2v) is 17.1. The van der Waals surface area contributed by atoms with E-state index in [0.717, 1.165) is 89.9 Å². The fourth-order valence-corrected chi connectivity index (χ4v) is 7.15. The highest BCUT2D eigenvalue weighted by molar-refractivity contribution is 5.71. The highest BCUT2D eigenvalue weighted by atomic mass is 16.6. The fraction of sp³-hybridized carbons (Fsp3) is 0.796. The fourth-order valence-electron chi connectivity index (χ4n) is 7.15. The van der Waals surface area contributed by atoms with Crippen LogP contribution in [-0.4, -0.2) is 37.2 Å². The van der Waals surface area contributed by atoms with E-state index in [9.17, 15) is 14.4 Å². The standard InChI is InChI=1S/C54H96O6/c1-4-7-10-13-16-19-22-24-25-26-27-28-29-31-32-35-38-41-44-47-53(56)59-50-51(49-58-52(55)46-43-40-37-34-21-18-15-12-9-6-3)60-54(57)48-45-42-39-36-33-30-23-20-17-14-11-8-5-2/h16,19-20,23-25,27-28,51H,4-15,17-18,21-22,26,29-50H2,1-3H3/b19-16-,23-20-,25-24-,28-27-/t51-/m1/s1. The summed E-state index contributed by atoms with van der Waals surface area (Å²) in [5.74, 6) is -0.897. The Morgan fingerprint density at radius 3 is 1.00 bits per heavy atom. The molecule has 0 N–H and O–H groups in total. The lowest BCUT2D eigenvalue weighted by molar-refractivity contribution is -0.167. The van der Waals surface area contributed by atoms with Crippen molar-refractivity contribution in [2.24, 2.45) is 0 Å². The number of carbonyl (C=O) groups is 3. The first-order chi connectivity index (χ1) is 29.5. The summed E-state index contributed by atoms with van der Waals surface area (Å²) < 4.78 is 16.8. The predicted molar refractivity (Wildman–Crippen MR) is 256 cm³/mol. The maximum atomic E-state index is 12.8. The van der Waals surface area contributed by atoms with Gasteiger partial charge in [-0.05, 0) is 83.5 Å². The van der Waals surface area contributed by atoms with Crippen LogP contribution in [0.3, 0.4) is 0 Å². The predicted octanol–water partition coefficient (Wildman–Crippen LogP) is 16.7. The molecule has 0 aliphatic rings. The molecule has 0 aromatic rings. The lowest BCUT2D eigenvalue weighted by Gasteiger charge is -2.18. The van der Waals surface area contributed by atoms with Gasteiger partial charge in [0, 0.05) is 19.3 Å². The third kappa shape index (κ3) is 46.4. The Kier molecular flexibility index (Phi) is 46.9. The van der Waals surface area contributed by atoms with E-state index in [4.69, 9.17) is 14.2 Å². The van der Waals surface area contributed by atoms with E-state index in [1.807, 2.05) is 0 Å². The first-order valence-corrected chi connectivity index (χ1v) is 25.6. The Morgan fingerprint density at radius 2 is 0.600 bits per heavy atom. The topological polar surface area (TPSA) is 78.9 Å². The highest BCUT2D eigenvalue weighted by Gasteiger charge is 2.19. The number of allylic oxidation sites excluding steroid dienone is 8. The second kappa shape index (κ2) is 49.0. The molecule has 0 aliphatic heterocycles. The molecule has 0 radical (unpaired) electrons. The van der Waals surface area contributed by atoms with E-state index in [0.29, 0.717) is 19.3 Å². The van der Waals surface area contributed by atoms with Crippen LogP contribution in [0.2, 0.25) is 0 Å². The van der Waals surface area contributed by atoms with Gasteiger partial charge in [0.2, 0.25) is 0 Å². The number of ether oxygens (including phenoxy) is 3.